The van der Waals surface area contributed by atoms with E-state index < -0.39 is 5.82 Å². The third kappa shape index (κ3) is 3.79. The van der Waals surface area contributed by atoms with E-state index in [0.29, 0.717) is 46.5 Å². The number of aromatic nitrogens is 3. The van der Waals surface area contributed by atoms with Gasteiger partial charge in [0, 0.05) is 31.3 Å². The summed E-state index contributed by atoms with van der Waals surface area (Å²) < 4.78 is 30.9. The van der Waals surface area contributed by atoms with E-state index >= 15 is 4.39 Å². The predicted octanol–water partition coefficient (Wildman–Crippen LogP) is 6.79. The maximum Gasteiger partial charge on any atom is 0.175 e. The van der Waals surface area contributed by atoms with Gasteiger partial charge in [-0.15, -0.1) is 0 Å². The summed E-state index contributed by atoms with van der Waals surface area (Å²) in [6.07, 6.45) is 5.09. The summed E-state index contributed by atoms with van der Waals surface area (Å²) in [5.41, 5.74) is 2.65. The Labute approximate surface area is 199 Å². The molecule has 4 nitrogen and oxygen atoms in total. The summed E-state index contributed by atoms with van der Waals surface area (Å²) in [4.78, 5) is 16.2. The van der Waals surface area contributed by atoms with Crippen molar-refractivity contribution in [3.05, 3.63) is 59.0 Å². The Morgan fingerprint density at radius 3 is 2.65 bits per heavy atom. The van der Waals surface area contributed by atoms with E-state index in [9.17, 15) is 4.39 Å². The van der Waals surface area contributed by atoms with Gasteiger partial charge >= 0.3 is 0 Å². The molecule has 5 rings (SSSR count). The Bertz CT molecular complexity index is 1400. The molecule has 3 heterocycles. The first-order valence-corrected chi connectivity index (χ1v) is 12.2. The van der Waals surface area contributed by atoms with Crippen LogP contribution >= 0.6 is 0 Å². The van der Waals surface area contributed by atoms with Gasteiger partial charge < -0.3 is 4.90 Å². The maximum absolute atomic E-state index is 16.2. The first-order chi connectivity index (χ1) is 16.4. The number of hydrogen-bond donors (Lipinski definition) is 0. The van der Waals surface area contributed by atoms with Crippen molar-refractivity contribution in [2.24, 2.45) is 5.92 Å². The predicted molar refractivity (Wildman–Crippen MR) is 134 cm³/mol. The van der Waals surface area contributed by atoms with Crippen molar-refractivity contribution >= 4 is 27.5 Å². The van der Waals surface area contributed by atoms with Crippen molar-refractivity contribution in [1.82, 2.24) is 15.0 Å². The third-order valence-corrected chi connectivity index (χ3v) is 6.90. The highest BCUT2D eigenvalue weighted by atomic mass is 19.1. The zero-order valence-electron chi connectivity index (χ0n) is 20.3. The van der Waals surface area contributed by atoms with E-state index in [1.807, 2.05) is 32.9 Å². The van der Waals surface area contributed by atoms with Crippen molar-refractivity contribution in [3.8, 4) is 11.3 Å². The number of anilines is 1. The van der Waals surface area contributed by atoms with Crippen molar-refractivity contribution in [2.75, 3.05) is 18.0 Å². The minimum absolute atomic E-state index is 0.209. The molecule has 34 heavy (non-hydrogen) atoms. The molecule has 1 unspecified atom stereocenters. The normalized spacial score (nSPS) is 16.5. The van der Waals surface area contributed by atoms with Gasteiger partial charge in [0.2, 0.25) is 0 Å². The molecule has 0 N–H and O–H groups in total. The van der Waals surface area contributed by atoms with E-state index in [0.717, 1.165) is 36.3 Å². The van der Waals surface area contributed by atoms with Gasteiger partial charge in [0.1, 0.15) is 28.7 Å². The lowest BCUT2D eigenvalue weighted by Gasteiger charge is -2.32. The van der Waals surface area contributed by atoms with Crippen LogP contribution in [0.1, 0.15) is 50.6 Å². The first-order valence-electron chi connectivity index (χ1n) is 12.2. The second kappa shape index (κ2) is 8.90. The van der Waals surface area contributed by atoms with Gasteiger partial charge in [-0.05, 0) is 66.1 Å². The molecule has 0 amide bonds. The molecule has 1 fully saturated rings. The van der Waals surface area contributed by atoms with Crippen molar-refractivity contribution in [2.45, 2.75) is 53.4 Å². The number of rotatable bonds is 4. The molecule has 176 valence electrons. The SMILES string of the molecule is CCc1nc(N2CCCC(C)C2)c2cnc(-c3cc(C)cc4ccc(F)c(CC)c34)c(F)c2n1. The molecule has 1 aliphatic heterocycles. The topological polar surface area (TPSA) is 41.9 Å². The van der Waals surface area contributed by atoms with E-state index in [4.69, 9.17) is 4.98 Å². The summed E-state index contributed by atoms with van der Waals surface area (Å²) in [5, 5.41) is 2.23. The summed E-state index contributed by atoms with van der Waals surface area (Å²) >= 11 is 0. The molecule has 2 aromatic heterocycles. The fraction of sp³-hybridized carbons (Fsp3) is 0.393. The van der Waals surface area contributed by atoms with Crippen LogP contribution in [-0.2, 0) is 12.8 Å². The summed E-state index contributed by atoms with van der Waals surface area (Å²) in [6, 6.07) is 7.14. The Kier molecular flexibility index (Phi) is 5.92. The lowest BCUT2D eigenvalue weighted by molar-refractivity contribution is 0.445. The lowest BCUT2D eigenvalue weighted by Crippen LogP contribution is -2.35. The van der Waals surface area contributed by atoms with Crippen LogP contribution in [0.2, 0.25) is 0 Å². The average Bonchev–Trinajstić information content (AvgIpc) is 2.83. The van der Waals surface area contributed by atoms with E-state index in [2.05, 4.69) is 21.8 Å². The van der Waals surface area contributed by atoms with Crippen LogP contribution in [-0.4, -0.2) is 28.0 Å². The highest BCUT2D eigenvalue weighted by molar-refractivity contribution is 6.01. The summed E-state index contributed by atoms with van der Waals surface area (Å²) in [7, 11) is 0. The molecule has 6 heteroatoms. The quantitative estimate of drug-likeness (QED) is 0.336. The molecular formula is C28H30F2N4. The number of piperidine rings is 1. The molecule has 0 bridgehead atoms. The highest BCUT2D eigenvalue weighted by Crippen LogP contribution is 2.37. The van der Waals surface area contributed by atoms with Crippen LogP contribution in [0.15, 0.2) is 30.5 Å². The Hall–Kier alpha value is -3.15. The fourth-order valence-corrected chi connectivity index (χ4v) is 5.25. The minimum Gasteiger partial charge on any atom is -0.356 e. The molecule has 2 aromatic carbocycles. The van der Waals surface area contributed by atoms with E-state index in [1.165, 1.54) is 12.5 Å². The number of aryl methyl sites for hydroxylation is 3. The van der Waals surface area contributed by atoms with Crippen molar-refractivity contribution in [1.29, 1.82) is 0 Å². The van der Waals surface area contributed by atoms with Gasteiger partial charge in [0.25, 0.3) is 0 Å². The molecule has 1 aliphatic rings. The van der Waals surface area contributed by atoms with Crippen LogP contribution in [0.3, 0.4) is 0 Å². The number of hydrogen-bond acceptors (Lipinski definition) is 4. The molecule has 1 saturated heterocycles. The molecule has 0 aliphatic carbocycles. The fourth-order valence-electron chi connectivity index (χ4n) is 5.25. The Morgan fingerprint density at radius 1 is 1.09 bits per heavy atom. The van der Waals surface area contributed by atoms with Crippen LogP contribution < -0.4 is 4.90 Å². The van der Waals surface area contributed by atoms with Gasteiger partial charge in [-0.2, -0.15) is 0 Å². The smallest absolute Gasteiger partial charge is 0.175 e. The van der Waals surface area contributed by atoms with Crippen molar-refractivity contribution < 1.29 is 8.78 Å². The lowest BCUT2D eigenvalue weighted by atomic mass is 9.93. The van der Waals surface area contributed by atoms with Crippen LogP contribution in [0.4, 0.5) is 14.6 Å². The molecule has 0 spiro atoms. The number of nitrogens with zero attached hydrogens (tertiary/aromatic N) is 4. The number of pyridine rings is 1. The second-order valence-corrected chi connectivity index (χ2v) is 9.48. The van der Waals surface area contributed by atoms with Gasteiger partial charge in [-0.1, -0.05) is 32.9 Å². The molecule has 1 atom stereocenters. The van der Waals surface area contributed by atoms with Gasteiger partial charge in [0.15, 0.2) is 5.82 Å². The maximum atomic E-state index is 16.2. The second-order valence-electron chi connectivity index (χ2n) is 9.48. The van der Waals surface area contributed by atoms with Gasteiger partial charge in [-0.25, -0.2) is 18.7 Å². The molecule has 0 radical (unpaired) electrons. The zero-order valence-corrected chi connectivity index (χ0v) is 20.3. The number of benzene rings is 2. The molecule has 0 saturated carbocycles. The molecule has 4 aromatic rings. The van der Waals surface area contributed by atoms with E-state index in [-0.39, 0.29) is 17.0 Å². The summed E-state index contributed by atoms with van der Waals surface area (Å²) in [6.45, 7) is 9.88. The van der Waals surface area contributed by atoms with Gasteiger partial charge in [-0.3, -0.25) is 4.98 Å². The largest absolute Gasteiger partial charge is 0.356 e. The summed E-state index contributed by atoms with van der Waals surface area (Å²) in [5.74, 6) is 1.19. The first kappa shape index (κ1) is 22.6. The average molecular weight is 461 g/mol. The highest BCUT2D eigenvalue weighted by Gasteiger charge is 2.24. The monoisotopic (exact) mass is 460 g/mol. The zero-order chi connectivity index (χ0) is 24.0. The Morgan fingerprint density at radius 2 is 1.91 bits per heavy atom. The van der Waals surface area contributed by atoms with Crippen LogP contribution in [0.5, 0.6) is 0 Å². The number of halogens is 2. The Balaban J connectivity index is 1.78. The van der Waals surface area contributed by atoms with E-state index in [1.54, 1.807) is 12.3 Å². The molecular weight excluding hydrogens is 430 g/mol. The van der Waals surface area contributed by atoms with Crippen molar-refractivity contribution in [3.63, 3.8) is 0 Å². The standard InChI is InChI=1S/C28H30F2N4/c1-5-19-22(29)10-9-18-12-17(4)13-20(24(18)19)26-25(30)27-21(14-31-26)28(33-23(6-2)32-27)34-11-7-8-16(3)15-34/h9-10,12-14,16H,5-8,11,15H2,1-4H3. The minimum atomic E-state index is -0.473. The number of fused-ring (bicyclic) bond motifs is 2. The third-order valence-electron chi connectivity index (χ3n) is 6.90. The van der Waals surface area contributed by atoms with Crippen LogP contribution in [0, 0.1) is 24.5 Å². The van der Waals surface area contributed by atoms with Gasteiger partial charge in [0.05, 0.1) is 5.39 Å². The van der Waals surface area contributed by atoms with Crippen LogP contribution in [0.25, 0.3) is 32.9 Å².